The molecule has 0 fully saturated rings. The molecule has 4 N–H and O–H groups in total. The van der Waals surface area contributed by atoms with E-state index in [0.717, 1.165) is 34.2 Å². The normalized spacial score (nSPS) is 12.0. The number of aromatic nitrogens is 6. The van der Waals surface area contributed by atoms with Crippen molar-refractivity contribution >= 4 is 44.5 Å². The summed E-state index contributed by atoms with van der Waals surface area (Å²) in [7, 11) is 0. The first-order valence-electron chi connectivity index (χ1n) is 11.4. The van der Waals surface area contributed by atoms with Crippen LogP contribution in [0.25, 0.3) is 32.8 Å². The molecule has 0 unspecified atom stereocenters. The van der Waals surface area contributed by atoms with E-state index in [0.29, 0.717) is 52.5 Å². The number of fused-ring (bicyclic) bond motifs is 3. The van der Waals surface area contributed by atoms with Crippen LogP contribution < -0.4 is 11.1 Å². The lowest BCUT2D eigenvalue weighted by atomic mass is 10.1. The fraction of sp³-hybridized carbons (Fsp3) is 0.115. The third kappa shape index (κ3) is 4.46. The van der Waals surface area contributed by atoms with Crippen molar-refractivity contribution in [2.45, 2.75) is 19.1 Å². The van der Waals surface area contributed by atoms with Gasteiger partial charge in [0.25, 0.3) is 0 Å². The van der Waals surface area contributed by atoms with Crippen LogP contribution in [0.5, 0.6) is 0 Å². The number of anilines is 2. The standard InChI is InChI=1S/C26H19F3N8/c27-26(28,29)18-10-17-7-14(2-4-20(17)32-12-18)9-21-36-22-24(34-13-35-25(22)37-21)33-11-15-1-3-19-16(8-15)5-6-31-23(19)30/h1-8,10,12-13H,9,11H2,(H2,30,31)(H2,33,34,35,36,37). The van der Waals surface area contributed by atoms with Crippen molar-refractivity contribution in [1.82, 2.24) is 29.9 Å². The molecule has 0 aliphatic heterocycles. The quantitative estimate of drug-likeness (QED) is 0.296. The van der Waals surface area contributed by atoms with E-state index in [1.54, 1.807) is 18.3 Å². The van der Waals surface area contributed by atoms with E-state index in [9.17, 15) is 13.2 Å². The SMILES string of the molecule is Nc1nccc2cc(CNc3ncnc4nc(Cc5ccc6ncc(C(F)(F)F)cc6c5)[nH]c34)ccc12. The van der Waals surface area contributed by atoms with Crippen LogP contribution in [0.15, 0.2) is 67.3 Å². The first kappa shape index (κ1) is 22.7. The van der Waals surface area contributed by atoms with E-state index in [2.05, 4.69) is 35.2 Å². The minimum Gasteiger partial charge on any atom is -0.383 e. The number of halogens is 3. The lowest BCUT2D eigenvalue weighted by Crippen LogP contribution is -2.05. The summed E-state index contributed by atoms with van der Waals surface area (Å²) in [5.74, 6) is 1.70. The van der Waals surface area contributed by atoms with Gasteiger partial charge >= 0.3 is 6.18 Å². The number of hydrogen-bond donors (Lipinski definition) is 3. The van der Waals surface area contributed by atoms with E-state index in [4.69, 9.17) is 5.73 Å². The first-order valence-corrected chi connectivity index (χ1v) is 11.4. The van der Waals surface area contributed by atoms with E-state index >= 15 is 0 Å². The van der Waals surface area contributed by atoms with Crippen LogP contribution in [0.4, 0.5) is 24.8 Å². The van der Waals surface area contributed by atoms with Crippen LogP contribution in [0.2, 0.25) is 0 Å². The second kappa shape index (κ2) is 8.70. The number of nitrogens with two attached hydrogens (primary N) is 1. The van der Waals surface area contributed by atoms with Gasteiger partial charge in [0.05, 0.1) is 11.1 Å². The Bertz CT molecular complexity index is 1780. The molecule has 0 spiro atoms. The molecule has 0 saturated carbocycles. The molecule has 0 amide bonds. The minimum atomic E-state index is -4.45. The zero-order valence-electron chi connectivity index (χ0n) is 19.2. The highest BCUT2D eigenvalue weighted by Gasteiger charge is 2.31. The number of benzene rings is 2. The van der Waals surface area contributed by atoms with E-state index in [1.165, 1.54) is 6.33 Å². The molecule has 0 saturated heterocycles. The Balaban J connectivity index is 1.24. The van der Waals surface area contributed by atoms with Crippen molar-refractivity contribution in [2.75, 3.05) is 11.1 Å². The van der Waals surface area contributed by atoms with Gasteiger partial charge in [-0.3, -0.25) is 4.98 Å². The summed E-state index contributed by atoms with van der Waals surface area (Å²) in [6.07, 6.45) is -0.116. The maximum atomic E-state index is 13.1. The highest BCUT2D eigenvalue weighted by Crippen LogP contribution is 2.31. The zero-order chi connectivity index (χ0) is 25.6. The van der Waals surface area contributed by atoms with Gasteiger partial charge in [0, 0.05) is 36.1 Å². The second-order valence-electron chi connectivity index (χ2n) is 8.64. The Kier molecular flexibility index (Phi) is 5.32. The summed E-state index contributed by atoms with van der Waals surface area (Å²) >= 11 is 0. The molecule has 6 aromatic rings. The molecule has 184 valence electrons. The first-order chi connectivity index (χ1) is 17.8. The molecule has 4 aromatic heterocycles. The van der Waals surface area contributed by atoms with Gasteiger partial charge < -0.3 is 16.0 Å². The second-order valence-corrected chi connectivity index (χ2v) is 8.64. The van der Waals surface area contributed by atoms with Gasteiger partial charge in [-0.05, 0) is 46.8 Å². The van der Waals surface area contributed by atoms with Crippen LogP contribution in [-0.2, 0) is 19.1 Å². The van der Waals surface area contributed by atoms with Gasteiger partial charge in [0.1, 0.15) is 23.5 Å². The molecule has 0 radical (unpaired) electrons. The third-order valence-corrected chi connectivity index (χ3v) is 6.10. The highest BCUT2D eigenvalue weighted by molar-refractivity contribution is 5.91. The molecule has 0 aliphatic carbocycles. The molecule has 6 rings (SSSR count). The zero-order valence-corrected chi connectivity index (χ0v) is 19.2. The van der Waals surface area contributed by atoms with Crippen molar-refractivity contribution in [1.29, 1.82) is 0 Å². The van der Waals surface area contributed by atoms with Crippen LogP contribution in [0, 0.1) is 0 Å². The number of nitrogen functional groups attached to an aromatic ring is 1. The molecule has 8 nitrogen and oxygen atoms in total. The lowest BCUT2D eigenvalue weighted by molar-refractivity contribution is -0.137. The van der Waals surface area contributed by atoms with Gasteiger partial charge in [-0.25, -0.2) is 19.9 Å². The van der Waals surface area contributed by atoms with Gasteiger partial charge in [-0.2, -0.15) is 13.2 Å². The lowest BCUT2D eigenvalue weighted by Gasteiger charge is -2.08. The Morgan fingerprint density at radius 3 is 2.59 bits per heavy atom. The van der Waals surface area contributed by atoms with Gasteiger partial charge in [-0.1, -0.05) is 18.2 Å². The molecule has 11 heteroatoms. The number of alkyl halides is 3. The Labute approximate surface area is 207 Å². The van der Waals surface area contributed by atoms with Crippen molar-refractivity contribution in [3.05, 3.63) is 89.8 Å². The number of hydrogen-bond acceptors (Lipinski definition) is 7. The van der Waals surface area contributed by atoms with Crippen LogP contribution in [-0.4, -0.2) is 29.9 Å². The van der Waals surface area contributed by atoms with Gasteiger partial charge in [0.2, 0.25) is 0 Å². The summed E-state index contributed by atoms with van der Waals surface area (Å²) in [6, 6.07) is 14.2. The number of aromatic amines is 1. The number of rotatable bonds is 5. The van der Waals surface area contributed by atoms with E-state index < -0.39 is 11.7 Å². The van der Waals surface area contributed by atoms with Crippen LogP contribution in [0.1, 0.15) is 22.5 Å². The van der Waals surface area contributed by atoms with Crippen LogP contribution >= 0.6 is 0 Å². The summed E-state index contributed by atoms with van der Waals surface area (Å²) < 4.78 is 39.3. The molecule has 0 atom stereocenters. The monoisotopic (exact) mass is 500 g/mol. The van der Waals surface area contributed by atoms with Crippen molar-refractivity contribution in [3.63, 3.8) is 0 Å². The number of nitrogens with zero attached hydrogens (tertiary/aromatic N) is 5. The maximum Gasteiger partial charge on any atom is 0.417 e. The fourth-order valence-corrected chi connectivity index (χ4v) is 4.28. The molecule has 0 bridgehead atoms. The average molecular weight is 500 g/mol. The number of H-pyrrole nitrogens is 1. The topological polar surface area (TPSA) is 118 Å². The van der Waals surface area contributed by atoms with E-state index in [1.807, 2.05) is 30.3 Å². The van der Waals surface area contributed by atoms with Crippen molar-refractivity contribution in [2.24, 2.45) is 0 Å². The molecular weight excluding hydrogens is 481 g/mol. The predicted octanol–water partition coefficient (Wildman–Crippen LogP) is 5.25. The molecule has 4 heterocycles. The van der Waals surface area contributed by atoms with Crippen LogP contribution in [0.3, 0.4) is 0 Å². The van der Waals surface area contributed by atoms with Crippen molar-refractivity contribution in [3.8, 4) is 0 Å². The van der Waals surface area contributed by atoms with Gasteiger partial charge in [-0.15, -0.1) is 0 Å². The number of nitrogens with one attached hydrogen (secondary N) is 2. The highest BCUT2D eigenvalue weighted by atomic mass is 19.4. The molecule has 37 heavy (non-hydrogen) atoms. The number of imidazole rings is 1. The average Bonchev–Trinajstić information content (AvgIpc) is 3.29. The fourth-order valence-electron chi connectivity index (χ4n) is 4.28. The number of pyridine rings is 2. The molecular formula is C26H19F3N8. The predicted molar refractivity (Wildman–Crippen MR) is 135 cm³/mol. The summed E-state index contributed by atoms with van der Waals surface area (Å²) in [5, 5.41) is 5.63. The molecule has 0 aliphatic rings. The minimum absolute atomic E-state index is 0.377. The summed E-state index contributed by atoms with van der Waals surface area (Å²) in [4.78, 5) is 24.4. The van der Waals surface area contributed by atoms with Crippen molar-refractivity contribution < 1.29 is 13.2 Å². The maximum absolute atomic E-state index is 13.1. The largest absolute Gasteiger partial charge is 0.417 e. The third-order valence-electron chi connectivity index (χ3n) is 6.10. The summed E-state index contributed by atoms with van der Waals surface area (Å²) in [5.41, 5.74) is 8.62. The smallest absolute Gasteiger partial charge is 0.383 e. The summed E-state index contributed by atoms with van der Waals surface area (Å²) in [6.45, 7) is 0.512. The molecule has 2 aromatic carbocycles. The Morgan fingerprint density at radius 1 is 0.892 bits per heavy atom. The Hall–Kier alpha value is -4.80. The van der Waals surface area contributed by atoms with Gasteiger partial charge in [0.15, 0.2) is 11.5 Å². The van der Waals surface area contributed by atoms with E-state index in [-0.39, 0.29) is 0 Å². The Morgan fingerprint density at radius 2 is 1.73 bits per heavy atom.